The minimum atomic E-state index is -0.648. The largest absolute Gasteiger partial charge is 0.489 e. The molecule has 3 rings (SSSR count). The highest BCUT2D eigenvalue weighted by Crippen LogP contribution is 2.17. The van der Waals surface area contributed by atoms with Gasteiger partial charge in [-0.1, -0.05) is 84.9 Å². The van der Waals surface area contributed by atoms with Crippen LogP contribution >= 0.6 is 0 Å². The van der Waals surface area contributed by atoms with Gasteiger partial charge in [0.15, 0.2) is 0 Å². The van der Waals surface area contributed by atoms with Crippen molar-refractivity contribution in [3.63, 3.8) is 0 Å². The number of hydrogen-bond donors (Lipinski definition) is 3. The van der Waals surface area contributed by atoms with Gasteiger partial charge in [-0.2, -0.15) is 0 Å². The minimum absolute atomic E-state index is 0.0166. The average molecular weight is 613 g/mol. The van der Waals surface area contributed by atoms with E-state index in [1.807, 2.05) is 84.9 Å². The number of ether oxygens (including phenoxy) is 2. The van der Waals surface area contributed by atoms with E-state index in [1.54, 1.807) is 12.2 Å². The third-order valence-electron chi connectivity index (χ3n) is 7.25. The number of hydrogen-bond acceptors (Lipinski definition) is 6. The lowest BCUT2D eigenvalue weighted by molar-refractivity contribution is -0.148. The maximum absolute atomic E-state index is 12.9. The molecule has 0 aliphatic rings. The van der Waals surface area contributed by atoms with Crippen LogP contribution in [0.5, 0.6) is 5.75 Å². The van der Waals surface area contributed by atoms with Crippen molar-refractivity contribution in [3.8, 4) is 5.75 Å². The molecular weight excluding hydrogens is 568 g/mol. The predicted octanol–water partition coefficient (Wildman–Crippen LogP) is 4.96. The molecule has 0 radical (unpaired) electrons. The number of carbonyl (C=O) groups is 3. The summed E-state index contributed by atoms with van der Waals surface area (Å²) in [5.74, 6) is -1.31. The smallest absolute Gasteiger partial charge is 0.309 e. The quantitative estimate of drug-likeness (QED) is 0.0945. The first-order valence-corrected chi connectivity index (χ1v) is 15.3. The number of rotatable bonds is 20. The molecule has 45 heavy (non-hydrogen) atoms. The molecule has 0 aliphatic carbocycles. The predicted molar refractivity (Wildman–Crippen MR) is 175 cm³/mol. The molecule has 0 spiro atoms. The number of amides is 2. The topological polar surface area (TPSA) is 114 Å². The van der Waals surface area contributed by atoms with Gasteiger partial charge in [-0.25, -0.2) is 0 Å². The summed E-state index contributed by atoms with van der Waals surface area (Å²) in [5.41, 5.74) is 3.03. The molecule has 0 aromatic heterocycles. The van der Waals surface area contributed by atoms with E-state index in [0.717, 1.165) is 22.4 Å². The number of carbonyl (C=O) groups excluding carboxylic acids is 3. The van der Waals surface area contributed by atoms with Crippen molar-refractivity contribution in [2.45, 2.75) is 44.8 Å². The SMILES string of the molecule is C=CC[C@@H](CC(=O)N[C@H](CO)Cc1ccc(OCc2ccccc2)cc1)C(=O)NCCOC(=O)[C@@H](CC=C)Cc1ccccc1. The van der Waals surface area contributed by atoms with Crippen molar-refractivity contribution in [2.24, 2.45) is 11.8 Å². The zero-order valence-corrected chi connectivity index (χ0v) is 25.7. The summed E-state index contributed by atoms with van der Waals surface area (Å²) in [7, 11) is 0. The third-order valence-corrected chi connectivity index (χ3v) is 7.25. The van der Waals surface area contributed by atoms with Gasteiger partial charge in [0.2, 0.25) is 11.8 Å². The van der Waals surface area contributed by atoms with Gasteiger partial charge in [-0.3, -0.25) is 14.4 Å². The number of esters is 1. The van der Waals surface area contributed by atoms with Crippen LogP contribution < -0.4 is 15.4 Å². The number of aliphatic hydroxyl groups excluding tert-OH is 1. The Bertz CT molecular complexity index is 1340. The zero-order valence-electron chi connectivity index (χ0n) is 25.7. The van der Waals surface area contributed by atoms with Gasteiger partial charge in [0, 0.05) is 6.42 Å². The summed E-state index contributed by atoms with van der Waals surface area (Å²) in [6, 6.07) is 26.6. The van der Waals surface area contributed by atoms with Crippen molar-refractivity contribution in [1.82, 2.24) is 10.6 Å². The van der Waals surface area contributed by atoms with Crippen LogP contribution in [0, 0.1) is 11.8 Å². The monoisotopic (exact) mass is 612 g/mol. The van der Waals surface area contributed by atoms with Crippen LogP contribution in [0.3, 0.4) is 0 Å². The summed E-state index contributed by atoms with van der Waals surface area (Å²) >= 11 is 0. The fraction of sp³-hybridized carbons (Fsp3) is 0.324. The van der Waals surface area contributed by atoms with E-state index in [4.69, 9.17) is 9.47 Å². The number of aliphatic hydroxyl groups is 1. The second kappa shape index (κ2) is 19.6. The van der Waals surface area contributed by atoms with Crippen LogP contribution in [0.15, 0.2) is 110 Å². The molecule has 0 fully saturated rings. The second-order valence-corrected chi connectivity index (χ2v) is 10.9. The Labute approximate surface area is 266 Å². The van der Waals surface area contributed by atoms with E-state index >= 15 is 0 Å². The Morgan fingerprint density at radius 2 is 1.38 bits per heavy atom. The molecule has 3 aromatic rings. The van der Waals surface area contributed by atoms with Crippen molar-refractivity contribution in [1.29, 1.82) is 0 Å². The Hall–Kier alpha value is -4.69. The highest BCUT2D eigenvalue weighted by atomic mass is 16.5. The van der Waals surface area contributed by atoms with Crippen molar-refractivity contribution in [3.05, 3.63) is 127 Å². The lowest BCUT2D eigenvalue weighted by Crippen LogP contribution is -2.42. The van der Waals surface area contributed by atoms with E-state index < -0.39 is 12.0 Å². The van der Waals surface area contributed by atoms with Crippen LogP contribution in [-0.4, -0.2) is 48.7 Å². The second-order valence-electron chi connectivity index (χ2n) is 10.9. The Balaban J connectivity index is 1.42. The van der Waals surface area contributed by atoms with Gasteiger partial charge in [-0.15, -0.1) is 13.2 Å². The molecule has 0 saturated heterocycles. The van der Waals surface area contributed by atoms with E-state index in [0.29, 0.717) is 32.3 Å². The van der Waals surface area contributed by atoms with Gasteiger partial charge >= 0.3 is 5.97 Å². The first kappa shape index (κ1) is 34.8. The fourth-order valence-electron chi connectivity index (χ4n) is 4.85. The summed E-state index contributed by atoms with van der Waals surface area (Å²) < 4.78 is 11.3. The van der Waals surface area contributed by atoms with Gasteiger partial charge in [0.25, 0.3) is 0 Å². The van der Waals surface area contributed by atoms with Crippen LogP contribution in [0.4, 0.5) is 0 Å². The van der Waals surface area contributed by atoms with Gasteiger partial charge < -0.3 is 25.2 Å². The van der Waals surface area contributed by atoms with Gasteiger partial charge in [-0.05, 0) is 54.5 Å². The van der Waals surface area contributed by atoms with Crippen LogP contribution in [-0.2, 0) is 38.6 Å². The molecule has 238 valence electrons. The molecule has 8 heteroatoms. The summed E-state index contributed by atoms with van der Waals surface area (Å²) in [4.78, 5) is 38.3. The molecular formula is C37H44N2O6. The lowest BCUT2D eigenvalue weighted by atomic mass is 9.96. The Morgan fingerprint density at radius 3 is 2.00 bits per heavy atom. The molecule has 8 nitrogen and oxygen atoms in total. The lowest BCUT2D eigenvalue weighted by Gasteiger charge is -2.20. The zero-order chi connectivity index (χ0) is 32.3. The molecule has 0 saturated carbocycles. The molecule has 0 aliphatic heterocycles. The molecule has 3 N–H and O–H groups in total. The molecule has 0 bridgehead atoms. The summed E-state index contributed by atoms with van der Waals surface area (Å²) in [5, 5.41) is 15.5. The van der Waals surface area contributed by atoms with E-state index in [1.165, 1.54) is 0 Å². The van der Waals surface area contributed by atoms with E-state index in [-0.39, 0.29) is 49.9 Å². The Kier molecular flexibility index (Phi) is 15.1. The maximum Gasteiger partial charge on any atom is 0.309 e. The van der Waals surface area contributed by atoms with Gasteiger partial charge in [0.05, 0.1) is 31.0 Å². The number of nitrogens with one attached hydrogen (secondary N) is 2. The number of allylic oxidation sites excluding steroid dienone is 2. The van der Waals surface area contributed by atoms with Crippen LogP contribution in [0.2, 0.25) is 0 Å². The highest BCUT2D eigenvalue weighted by molar-refractivity contribution is 5.86. The maximum atomic E-state index is 12.9. The first-order valence-electron chi connectivity index (χ1n) is 15.3. The number of benzene rings is 3. The molecule has 0 heterocycles. The van der Waals surface area contributed by atoms with Gasteiger partial charge in [0.1, 0.15) is 19.0 Å². The molecule has 0 unspecified atom stereocenters. The standard InChI is InChI=1S/C37H44N2O6/c1-3-11-31(36(42)38-21-22-44-37(43)32(12-4-2)23-28-13-7-5-8-14-28)25-35(41)39-33(26-40)24-29-17-19-34(20-18-29)45-27-30-15-9-6-10-16-30/h3-10,13-20,31-33,40H,1-2,11-12,21-27H2,(H,38,42)(H,39,41)/t31-,32-,33-/m0/s1. The van der Waals surface area contributed by atoms with Crippen LogP contribution in [0.25, 0.3) is 0 Å². The molecule has 2 amide bonds. The summed E-state index contributed by atoms with van der Waals surface area (Å²) in [6.45, 7) is 7.80. The first-order chi connectivity index (χ1) is 21.9. The molecule has 3 aromatic carbocycles. The Morgan fingerprint density at radius 1 is 0.778 bits per heavy atom. The van der Waals surface area contributed by atoms with Crippen molar-refractivity contribution < 1.29 is 29.0 Å². The van der Waals surface area contributed by atoms with Crippen LogP contribution in [0.1, 0.15) is 36.0 Å². The van der Waals surface area contributed by atoms with E-state index in [2.05, 4.69) is 23.8 Å². The third kappa shape index (κ3) is 12.8. The highest BCUT2D eigenvalue weighted by Gasteiger charge is 2.23. The van der Waals surface area contributed by atoms with Crippen molar-refractivity contribution in [2.75, 3.05) is 19.8 Å². The minimum Gasteiger partial charge on any atom is -0.489 e. The average Bonchev–Trinajstić information content (AvgIpc) is 3.06. The van der Waals surface area contributed by atoms with Crippen molar-refractivity contribution >= 4 is 17.8 Å². The van der Waals surface area contributed by atoms with E-state index in [9.17, 15) is 19.5 Å². The fourth-order valence-corrected chi connectivity index (χ4v) is 4.85. The summed E-state index contributed by atoms with van der Waals surface area (Å²) in [6.07, 6.45) is 4.96. The molecule has 3 atom stereocenters. The normalized spacial score (nSPS) is 12.6.